The van der Waals surface area contributed by atoms with E-state index in [0.29, 0.717) is 23.6 Å². The van der Waals surface area contributed by atoms with Crippen LogP contribution in [0.4, 0.5) is 5.69 Å². The zero-order valence-corrected chi connectivity index (χ0v) is 13.3. The molecule has 1 aliphatic carbocycles. The molecule has 110 valence electrons. The van der Waals surface area contributed by atoms with Gasteiger partial charge in [0.25, 0.3) is 0 Å². The van der Waals surface area contributed by atoms with Crippen LogP contribution in [0, 0.1) is 11.8 Å². The fourth-order valence-electron chi connectivity index (χ4n) is 3.15. The van der Waals surface area contributed by atoms with Crippen LogP contribution in [0.25, 0.3) is 0 Å². The lowest BCUT2D eigenvalue weighted by molar-refractivity contribution is -0.122. The summed E-state index contributed by atoms with van der Waals surface area (Å²) in [6.07, 6.45) is 1.30. The maximum absolute atomic E-state index is 12.6. The van der Waals surface area contributed by atoms with E-state index in [2.05, 4.69) is 0 Å². The number of hydrogen-bond acceptors (Lipinski definition) is 2. The van der Waals surface area contributed by atoms with Gasteiger partial charge < -0.3 is 0 Å². The summed E-state index contributed by atoms with van der Waals surface area (Å²) in [6.45, 7) is 4.05. The standard InChI is InChI=1S/C16H15Cl2NO2/c1-8-6-10-11(7-9(8)2)16(21)19(15(10)20)13-5-3-4-12(17)14(13)18/h3-5,10-11H,6-7H2,1-2H3. The summed E-state index contributed by atoms with van der Waals surface area (Å²) in [4.78, 5) is 26.5. The Morgan fingerprint density at radius 1 is 1.00 bits per heavy atom. The highest BCUT2D eigenvalue weighted by atomic mass is 35.5. The fourth-order valence-corrected chi connectivity index (χ4v) is 3.53. The number of carbonyl (C=O) groups excluding carboxylic acids is 2. The highest BCUT2D eigenvalue weighted by Gasteiger charge is 2.50. The highest BCUT2D eigenvalue weighted by molar-refractivity contribution is 6.44. The minimum absolute atomic E-state index is 0.166. The van der Waals surface area contributed by atoms with Crippen LogP contribution in [-0.4, -0.2) is 11.8 Å². The van der Waals surface area contributed by atoms with Gasteiger partial charge in [0.1, 0.15) is 0 Å². The van der Waals surface area contributed by atoms with E-state index in [0.717, 1.165) is 0 Å². The van der Waals surface area contributed by atoms with Crippen molar-refractivity contribution in [1.29, 1.82) is 0 Å². The summed E-state index contributed by atoms with van der Waals surface area (Å²) in [5.41, 5.74) is 2.80. The first-order valence-electron chi connectivity index (χ1n) is 6.89. The number of fused-ring (bicyclic) bond motifs is 1. The van der Waals surface area contributed by atoms with Gasteiger partial charge in [-0.15, -0.1) is 0 Å². The number of nitrogens with zero attached hydrogens (tertiary/aromatic N) is 1. The molecule has 0 bridgehead atoms. The van der Waals surface area contributed by atoms with E-state index < -0.39 is 0 Å². The third-order valence-electron chi connectivity index (χ3n) is 4.51. The molecule has 2 unspecified atom stereocenters. The van der Waals surface area contributed by atoms with Crippen LogP contribution < -0.4 is 4.90 Å². The van der Waals surface area contributed by atoms with Crippen molar-refractivity contribution in [3.63, 3.8) is 0 Å². The van der Waals surface area contributed by atoms with Crippen LogP contribution >= 0.6 is 23.2 Å². The molecule has 3 nitrogen and oxygen atoms in total. The van der Waals surface area contributed by atoms with E-state index in [4.69, 9.17) is 23.2 Å². The quantitative estimate of drug-likeness (QED) is 0.573. The maximum Gasteiger partial charge on any atom is 0.238 e. The minimum atomic E-state index is -0.267. The molecule has 2 aliphatic rings. The van der Waals surface area contributed by atoms with Crippen molar-refractivity contribution in [2.45, 2.75) is 26.7 Å². The summed E-state index contributed by atoms with van der Waals surface area (Å²) in [5.74, 6) is -0.866. The number of rotatable bonds is 1. The Morgan fingerprint density at radius 2 is 1.52 bits per heavy atom. The molecular formula is C16H15Cl2NO2. The molecule has 21 heavy (non-hydrogen) atoms. The number of benzene rings is 1. The molecule has 2 atom stereocenters. The topological polar surface area (TPSA) is 37.4 Å². The second kappa shape index (κ2) is 5.15. The first-order valence-corrected chi connectivity index (χ1v) is 7.64. The van der Waals surface area contributed by atoms with Crippen molar-refractivity contribution in [3.8, 4) is 0 Å². The number of imide groups is 1. The lowest BCUT2D eigenvalue weighted by atomic mass is 9.78. The van der Waals surface area contributed by atoms with Crippen LogP contribution in [0.1, 0.15) is 26.7 Å². The number of anilines is 1. The van der Waals surface area contributed by atoms with Gasteiger partial charge in [-0.05, 0) is 38.8 Å². The monoisotopic (exact) mass is 323 g/mol. The Balaban J connectivity index is 2.02. The van der Waals surface area contributed by atoms with E-state index >= 15 is 0 Å². The molecule has 5 heteroatoms. The third-order valence-corrected chi connectivity index (χ3v) is 5.32. The van der Waals surface area contributed by atoms with Crippen molar-refractivity contribution >= 4 is 40.7 Å². The number of halogens is 2. The number of amides is 2. The van der Waals surface area contributed by atoms with E-state index in [9.17, 15) is 9.59 Å². The highest BCUT2D eigenvalue weighted by Crippen LogP contribution is 2.44. The van der Waals surface area contributed by atoms with Crippen molar-refractivity contribution < 1.29 is 9.59 Å². The van der Waals surface area contributed by atoms with Gasteiger partial charge in [0, 0.05) is 0 Å². The van der Waals surface area contributed by atoms with Gasteiger partial charge in [-0.25, -0.2) is 4.90 Å². The predicted octanol–water partition coefficient (Wildman–Crippen LogP) is 4.23. The molecule has 0 saturated carbocycles. The lowest BCUT2D eigenvalue weighted by Gasteiger charge is -2.23. The molecule has 0 spiro atoms. The number of hydrogen-bond donors (Lipinski definition) is 0. The van der Waals surface area contributed by atoms with Crippen LogP contribution in [0.5, 0.6) is 0 Å². The molecule has 2 amide bonds. The number of allylic oxidation sites excluding steroid dienone is 2. The Morgan fingerprint density at radius 3 is 2.05 bits per heavy atom. The van der Waals surface area contributed by atoms with E-state index in [1.165, 1.54) is 16.0 Å². The Bertz CT molecular complexity index is 649. The average Bonchev–Trinajstić information content (AvgIpc) is 2.67. The molecule has 1 aromatic carbocycles. The third kappa shape index (κ3) is 2.19. The lowest BCUT2D eigenvalue weighted by Crippen LogP contribution is -2.31. The van der Waals surface area contributed by atoms with Crippen molar-refractivity contribution in [2.75, 3.05) is 4.90 Å². The first kappa shape index (κ1) is 14.6. The SMILES string of the molecule is CC1=C(C)CC2C(=O)N(c3cccc(Cl)c3Cl)C(=O)C2C1. The van der Waals surface area contributed by atoms with Crippen molar-refractivity contribution in [1.82, 2.24) is 0 Å². The molecule has 1 fully saturated rings. The van der Waals surface area contributed by atoms with Gasteiger partial charge in [0.05, 0.1) is 27.6 Å². The average molecular weight is 324 g/mol. The summed E-state index contributed by atoms with van der Waals surface area (Å²) < 4.78 is 0. The van der Waals surface area contributed by atoms with Crippen LogP contribution in [0.15, 0.2) is 29.3 Å². The molecular weight excluding hydrogens is 309 g/mol. The Hall–Kier alpha value is -1.32. The van der Waals surface area contributed by atoms with Gasteiger partial charge >= 0.3 is 0 Å². The fraction of sp³-hybridized carbons (Fsp3) is 0.375. The summed E-state index contributed by atoms with van der Waals surface area (Å²) in [6, 6.07) is 5.00. The zero-order valence-electron chi connectivity index (χ0n) is 11.8. The van der Waals surface area contributed by atoms with Gasteiger partial charge in [-0.1, -0.05) is 40.4 Å². The van der Waals surface area contributed by atoms with E-state index in [-0.39, 0.29) is 28.7 Å². The number of carbonyl (C=O) groups is 2. The van der Waals surface area contributed by atoms with E-state index in [1.807, 2.05) is 13.8 Å². The normalized spacial score (nSPS) is 25.6. The van der Waals surface area contributed by atoms with Crippen LogP contribution in [0.2, 0.25) is 10.0 Å². The predicted molar refractivity (Wildman–Crippen MR) is 83.5 cm³/mol. The molecule has 0 radical (unpaired) electrons. The van der Waals surface area contributed by atoms with Crippen molar-refractivity contribution in [2.24, 2.45) is 11.8 Å². The Kier molecular flexibility index (Phi) is 3.58. The summed E-state index contributed by atoms with van der Waals surface area (Å²) in [7, 11) is 0. The molecule has 0 aromatic heterocycles. The van der Waals surface area contributed by atoms with Gasteiger partial charge in [-0.3, -0.25) is 9.59 Å². The van der Waals surface area contributed by atoms with E-state index in [1.54, 1.807) is 18.2 Å². The molecule has 1 aliphatic heterocycles. The van der Waals surface area contributed by atoms with Crippen LogP contribution in [0.3, 0.4) is 0 Å². The van der Waals surface area contributed by atoms with Gasteiger partial charge in [-0.2, -0.15) is 0 Å². The first-order chi connectivity index (χ1) is 9.91. The summed E-state index contributed by atoms with van der Waals surface area (Å²) >= 11 is 12.2. The van der Waals surface area contributed by atoms with Crippen LogP contribution in [-0.2, 0) is 9.59 Å². The smallest absolute Gasteiger partial charge is 0.238 e. The van der Waals surface area contributed by atoms with Gasteiger partial charge in [0.15, 0.2) is 0 Å². The molecule has 1 aromatic rings. The molecule has 1 heterocycles. The second-order valence-corrected chi connectivity index (χ2v) is 6.55. The molecule has 1 saturated heterocycles. The summed E-state index contributed by atoms with van der Waals surface area (Å²) in [5, 5.41) is 0.594. The van der Waals surface area contributed by atoms with Gasteiger partial charge in [0.2, 0.25) is 11.8 Å². The minimum Gasteiger partial charge on any atom is -0.274 e. The zero-order chi connectivity index (χ0) is 15.3. The Labute approximate surface area is 133 Å². The largest absolute Gasteiger partial charge is 0.274 e. The van der Waals surface area contributed by atoms with Crippen molar-refractivity contribution in [3.05, 3.63) is 39.4 Å². The molecule has 3 rings (SSSR count). The maximum atomic E-state index is 12.6. The second-order valence-electron chi connectivity index (χ2n) is 5.77. The molecule has 0 N–H and O–H groups in total.